The Hall–Kier alpha value is -1.66. The van der Waals surface area contributed by atoms with Gasteiger partial charge in [0.1, 0.15) is 0 Å². The van der Waals surface area contributed by atoms with E-state index in [1.54, 1.807) is 0 Å². The quantitative estimate of drug-likeness (QED) is 0.727. The SMILES string of the molecule is OCCC#Cc1ccc2c(c1)OCCCO2. The molecule has 0 bridgehead atoms. The van der Waals surface area contributed by atoms with Crippen LogP contribution in [0.5, 0.6) is 11.5 Å². The van der Waals surface area contributed by atoms with E-state index < -0.39 is 0 Å². The van der Waals surface area contributed by atoms with Crippen LogP contribution in [0.15, 0.2) is 18.2 Å². The van der Waals surface area contributed by atoms with Crippen molar-refractivity contribution in [1.82, 2.24) is 0 Å². The van der Waals surface area contributed by atoms with E-state index in [1.807, 2.05) is 18.2 Å². The summed E-state index contributed by atoms with van der Waals surface area (Å²) < 4.78 is 11.1. The van der Waals surface area contributed by atoms with Crippen LogP contribution >= 0.6 is 0 Å². The topological polar surface area (TPSA) is 38.7 Å². The Morgan fingerprint density at radius 1 is 1.19 bits per heavy atom. The van der Waals surface area contributed by atoms with Gasteiger partial charge in [-0.1, -0.05) is 11.8 Å². The van der Waals surface area contributed by atoms with Crippen molar-refractivity contribution in [3.8, 4) is 23.3 Å². The molecule has 1 aliphatic heterocycles. The lowest BCUT2D eigenvalue weighted by Gasteiger charge is -2.06. The zero-order valence-corrected chi connectivity index (χ0v) is 9.03. The molecule has 0 aromatic heterocycles. The highest BCUT2D eigenvalue weighted by molar-refractivity contribution is 5.48. The maximum Gasteiger partial charge on any atom is 0.162 e. The van der Waals surface area contributed by atoms with Crippen LogP contribution in [0.1, 0.15) is 18.4 Å². The minimum absolute atomic E-state index is 0.0948. The van der Waals surface area contributed by atoms with E-state index in [0.29, 0.717) is 19.6 Å². The lowest BCUT2D eigenvalue weighted by molar-refractivity contribution is 0.297. The molecule has 0 spiro atoms. The van der Waals surface area contributed by atoms with Gasteiger partial charge in [0.15, 0.2) is 11.5 Å². The third-order valence-corrected chi connectivity index (χ3v) is 2.22. The van der Waals surface area contributed by atoms with Crippen molar-refractivity contribution in [2.75, 3.05) is 19.8 Å². The maximum absolute atomic E-state index is 8.63. The number of aliphatic hydroxyl groups is 1. The number of fused-ring (bicyclic) bond motifs is 1. The van der Waals surface area contributed by atoms with Gasteiger partial charge in [-0.15, -0.1) is 0 Å². The summed E-state index contributed by atoms with van der Waals surface area (Å²) in [7, 11) is 0. The second kappa shape index (κ2) is 5.43. The molecule has 3 heteroatoms. The highest BCUT2D eigenvalue weighted by atomic mass is 16.5. The first-order chi connectivity index (χ1) is 7.90. The summed E-state index contributed by atoms with van der Waals surface area (Å²) in [6.45, 7) is 1.47. The first-order valence-electron chi connectivity index (χ1n) is 5.39. The Bertz CT molecular complexity index is 415. The third kappa shape index (κ3) is 2.68. The number of hydrogen-bond acceptors (Lipinski definition) is 3. The predicted octanol–water partition coefficient (Wildman–Crippen LogP) is 1.58. The third-order valence-electron chi connectivity index (χ3n) is 2.22. The van der Waals surface area contributed by atoms with Crippen LogP contribution in [0.4, 0.5) is 0 Å². The van der Waals surface area contributed by atoms with Crippen molar-refractivity contribution >= 4 is 0 Å². The lowest BCUT2D eigenvalue weighted by atomic mass is 10.2. The molecule has 3 nitrogen and oxygen atoms in total. The van der Waals surface area contributed by atoms with E-state index in [0.717, 1.165) is 23.5 Å². The highest BCUT2D eigenvalue weighted by Crippen LogP contribution is 2.29. The van der Waals surface area contributed by atoms with Crippen LogP contribution in [0.2, 0.25) is 0 Å². The second-order valence-corrected chi connectivity index (χ2v) is 3.49. The Labute approximate surface area is 95.0 Å². The fourth-order valence-corrected chi connectivity index (χ4v) is 1.46. The Morgan fingerprint density at radius 3 is 2.81 bits per heavy atom. The number of aliphatic hydroxyl groups excluding tert-OH is 1. The van der Waals surface area contributed by atoms with Gasteiger partial charge in [0.05, 0.1) is 19.8 Å². The van der Waals surface area contributed by atoms with Crippen molar-refractivity contribution in [3.05, 3.63) is 23.8 Å². The van der Waals surface area contributed by atoms with Crippen molar-refractivity contribution in [3.63, 3.8) is 0 Å². The van der Waals surface area contributed by atoms with Crippen LogP contribution in [0, 0.1) is 11.8 Å². The monoisotopic (exact) mass is 218 g/mol. The Kier molecular flexibility index (Phi) is 3.68. The molecule has 1 N–H and O–H groups in total. The number of benzene rings is 1. The van der Waals surface area contributed by atoms with Gasteiger partial charge in [-0.25, -0.2) is 0 Å². The average molecular weight is 218 g/mol. The standard InChI is InChI=1S/C13H14O3/c14-7-2-1-4-11-5-6-12-13(10-11)16-9-3-8-15-12/h5-6,10,14H,2-3,7-9H2. The smallest absolute Gasteiger partial charge is 0.162 e. The fraction of sp³-hybridized carbons (Fsp3) is 0.385. The van der Waals surface area contributed by atoms with Crippen LogP contribution in [0.3, 0.4) is 0 Å². The molecule has 0 amide bonds. The summed E-state index contributed by atoms with van der Waals surface area (Å²) >= 11 is 0. The predicted molar refractivity (Wildman–Crippen MR) is 60.6 cm³/mol. The van der Waals surface area contributed by atoms with E-state index >= 15 is 0 Å². The molecule has 2 rings (SSSR count). The maximum atomic E-state index is 8.63. The molecule has 0 fully saturated rings. The van der Waals surface area contributed by atoms with E-state index in [4.69, 9.17) is 14.6 Å². The molecular weight excluding hydrogens is 204 g/mol. The van der Waals surface area contributed by atoms with Gasteiger partial charge in [-0.05, 0) is 18.2 Å². The normalized spacial score (nSPS) is 13.6. The summed E-state index contributed by atoms with van der Waals surface area (Å²) in [6.07, 6.45) is 1.40. The molecule has 1 aromatic carbocycles. The molecule has 1 aliphatic rings. The van der Waals surface area contributed by atoms with Gasteiger partial charge >= 0.3 is 0 Å². The molecule has 0 saturated heterocycles. The molecule has 84 valence electrons. The Morgan fingerprint density at radius 2 is 2.00 bits per heavy atom. The van der Waals surface area contributed by atoms with Gasteiger partial charge in [-0.2, -0.15) is 0 Å². The summed E-state index contributed by atoms with van der Waals surface area (Å²) in [5, 5.41) is 8.63. The molecule has 16 heavy (non-hydrogen) atoms. The van der Waals surface area contributed by atoms with Gasteiger partial charge in [0, 0.05) is 18.4 Å². The molecule has 1 heterocycles. The highest BCUT2D eigenvalue weighted by Gasteiger charge is 2.09. The van der Waals surface area contributed by atoms with E-state index in [2.05, 4.69) is 11.8 Å². The van der Waals surface area contributed by atoms with E-state index in [-0.39, 0.29) is 6.61 Å². The zero-order valence-electron chi connectivity index (χ0n) is 9.03. The summed E-state index contributed by atoms with van der Waals surface area (Å²) in [4.78, 5) is 0. The molecule has 0 saturated carbocycles. The van der Waals surface area contributed by atoms with Crippen molar-refractivity contribution < 1.29 is 14.6 Å². The lowest BCUT2D eigenvalue weighted by Crippen LogP contribution is -1.97. The van der Waals surface area contributed by atoms with Crippen molar-refractivity contribution in [2.45, 2.75) is 12.8 Å². The Balaban J connectivity index is 2.18. The fourth-order valence-electron chi connectivity index (χ4n) is 1.46. The van der Waals surface area contributed by atoms with Gasteiger partial charge in [-0.3, -0.25) is 0 Å². The summed E-state index contributed by atoms with van der Waals surface area (Å²) in [5.41, 5.74) is 0.887. The van der Waals surface area contributed by atoms with Gasteiger partial charge in [0.25, 0.3) is 0 Å². The van der Waals surface area contributed by atoms with Gasteiger partial charge < -0.3 is 14.6 Å². The molecule has 0 radical (unpaired) electrons. The minimum Gasteiger partial charge on any atom is -0.490 e. The molecule has 1 aromatic rings. The first-order valence-corrected chi connectivity index (χ1v) is 5.39. The molecule has 0 atom stereocenters. The molecular formula is C13H14O3. The number of hydrogen-bond donors (Lipinski definition) is 1. The van der Waals surface area contributed by atoms with Crippen LogP contribution in [0.25, 0.3) is 0 Å². The second-order valence-electron chi connectivity index (χ2n) is 3.49. The van der Waals surface area contributed by atoms with Crippen LogP contribution < -0.4 is 9.47 Å². The summed E-state index contributed by atoms with van der Waals surface area (Å²) in [6, 6.07) is 5.66. The average Bonchev–Trinajstić information content (AvgIpc) is 2.54. The molecule has 0 unspecified atom stereocenters. The van der Waals surface area contributed by atoms with E-state index in [1.165, 1.54) is 0 Å². The van der Waals surface area contributed by atoms with Crippen molar-refractivity contribution in [2.24, 2.45) is 0 Å². The molecule has 0 aliphatic carbocycles. The largest absolute Gasteiger partial charge is 0.490 e. The van der Waals surface area contributed by atoms with E-state index in [9.17, 15) is 0 Å². The first kappa shape index (κ1) is 10.8. The summed E-state index contributed by atoms with van der Waals surface area (Å²) in [5.74, 6) is 7.39. The number of ether oxygens (including phenoxy) is 2. The van der Waals surface area contributed by atoms with Gasteiger partial charge in [0.2, 0.25) is 0 Å². The zero-order chi connectivity index (χ0) is 11.2. The number of rotatable bonds is 1. The minimum atomic E-state index is 0.0948. The van der Waals surface area contributed by atoms with Crippen molar-refractivity contribution in [1.29, 1.82) is 0 Å². The van der Waals surface area contributed by atoms with Crippen LogP contribution in [-0.2, 0) is 0 Å². The van der Waals surface area contributed by atoms with Crippen LogP contribution in [-0.4, -0.2) is 24.9 Å².